The molecule has 1 aliphatic rings. The highest BCUT2D eigenvalue weighted by Crippen LogP contribution is 2.30. The van der Waals surface area contributed by atoms with E-state index in [9.17, 15) is 9.18 Å². The molecule has 1 aromatic carbocycles. The lowest BCUT2D eigenvalue weighted by atomic mass is 9.80. The second-order valence-electron chi connectivity index (χ2n) is 7.05. The fourth-order valence-electron chi connectivity index (χ4n) is 3.33. The molecule has 1 aromatic rings. The van der Waals surface area contributed by atoms with Crippen LogP contribution in [0.15, 0.2) is 24.3 Å². The van der Waals surface area contributed by atoms with Gasteiger partial charge in [-0.05, 0) is 43.2 Å². The van der Waals surface area contributed by atoms with Crippen LogP contribution in [0.1, 0.15) is 45.4 Å². The summed E-state index contributed by atoms with van der Waals surface area (Å²) in [6.45, 7) is 5.26. The molecule has 0 aliphatic heterocycles. The number of halogens is 1. The second kappa shape index (κ2) is 12.7. The molecule has 0 aromatic heterocycles. The van der Waals surface area contributed by atoms with Crippen LogP contribution in [0, 0.1) is 17.7 Å². The zero-order valence-corrected chi connectivity index (χ0v) is 16.3. The highest BCUT2D eigenvalue weighted by Gasteiger charge is 2.25. The molecule has 1 N–H and O–H groups in total. The summed E-state index contributed by atoms with van der Waals surface area (Å²) in [6.07, 6.45) is 6.47. The first-order chi connectivity index (χ1) is 13.2. The SMILES string of the molecule is CCCCOC[C@H]1CCCC[C@H]1COCCNC(=O)Oc1ccccc1F. The van der Waals surface area contributed by atoms with Crippen molar-refractivity contribution in [1.29, 1.82) is 0 Å². The first-order valence-electron chi connectivity index (χ1n) is 10.1. The smallest absolute Gasteiger partial charge is 0.407 e. The number of unbranched alkanes of at least 4 members (excludes halogenated alkanes) is 1. The normalized spacial score (nSPS) is 19.6. The number of hydrogen-bond donors (Lipinski definition) is 1. The number of amides is 1. The van der Waals surface area contributed by atoms with Gasteiger partial charge in [-0.1, -0.05) is 38.3 Å². The summed E-state index contributed by atoms with van der Waals surface area (Å²) in [7, 11) is 0. The molecule has 0 unspecified atom stereocenters. The Balaban J connectivity index is 1.59. The zero-order chi connectivity index (χ0) is 19.3. The molecule has 1 amide bonds. The molecule has 6 heteroatoms. The quantitative estimate of drug-likeness (QED) is 0.571. The Morgan fingerprint density at radius 1 is 1.11 bits per heavy atom. The predicted octanol–water partition coefficient (Wildman–Crippen LogP) is 4.55. The van der Waals surface area contributed by atoms with Crippen molar-refractivity contribution in [3.05, 3.63) is 30.1 Å². The van der Waals surface area contributed by atoms with Crippen LogP contribution >= 0.6 is 0 Å². The van der Waals surface area contributed by atoms with E-state index in [0.29, 0.717) is 31.6 Å². The van der Waals surface area contributed by atoms with Gasteiger partial charge in [0.2, 0.25) is 0 Å². The van der Waals surface area contributed by atoms with Crippen LogP contribution in [0.5, 0.6) is 5.75 Å². The molecule has 152 valence electrons. The third-order valence-corrected chi connectivity index (χ3v) is 4.93. The van der Waals surface area contributed by atoms with Crippen LogP contribution in [-0.4, -0.2) is 39.1 Å². The molecule has 0 bridgehead atoms. The average molecular weight is 381 g/mol. The van der Waals surface area contributed by atoms with E-state index in [1.165, 1.54) is 37.8 Å². The number of carbonyl (C=O) groups is 1. The summed E-state index contributed by atoms with van der Waals surface area (Å²) in [4.78, 5) is 11.7. The van der Waals surface area contributed by atoms with Gasteiger partial charge in [0, 0.05) is 26.4 Å². The van der Waals surface area contributed by atoms with Gasteiger partial charge in [-0.3, -0.25) is 0 Å². The van der Waals surface area contributed by atoms with Crippen LogP contribution in [-0.2, 0) is 9.47 Å². The monoisotopic (exact) mass is 381 g/mol. The number of carbonyl (C=O) groups excluding carboxylic acids is 1. The lowest BCUT2D eigenvalue weighted by Gasteiger charge is -2.31. The summed E-state index contributed by atoms with van der Waals surface area (Å²) in [6, 6.07) is 5.82. The van der Waals surface area contributed by atoms with Crippen LogP contribution in [0.25, 0.3) is 0 Å². The Labute approximate surface area is 161 Å². The zero-order valence-electron chi connectivity index (χ0n) is 16.3. The van der Waals surface area contributed by atoms with Gasteiger partial charge in [0.1, 0.15) is 0 Å². The third-order valence-electron chi connectivity index (χ3n) is 4.93. The summed E-state index contributed by atoms with van der Waals surface area (Å²) in [5.74, 6) is 0.442. The van der Waals surface area contributed by atoms with E-state index in [1.807, 2.05) is 0 Å². The average Bonchev–Trinajstić information content (AvgIpc) is 2.68. The van der Waals surface area contributed by atoms with Gasteiger partial charge >= 0.3 is 6.09 Å². The number of para-hydroxylation sites is 1. The molecular weight excluding hydrogens is 349 g/mol. The first kappa shape index (κ1) is 21.6. The molecule has 0 radical (unpaired) electrons. The van der Waals surface area contributed by atoms with E-state index in [-0.39, 0.29) is 5.75 Å². The molecule has 1 fully saturated rings. The summed E-state index contributed by atoms with van der Waals surface area (Å²) >= 11 is 0. The molecular formula is C21H32FNO4. The Kier molecular flexibility index (Phi) is 10.2. The molecule has 0 saturated heterocycles. The Hall–Kier alpha value is -1.66. The van der Waals surface area contributed by atoms with E-state index in [0.717, 1.165) is 26.1 Å². The lowest BCUT2D eigenvalue weighted by Crippen LogP contribution is -2.32. The Bertz CT molecular complexity index is 555. The first-order valence-corrected chi connectivity index (χ1v) is 10.1. The maximum absolute atomic E-state index is 13.4. The molecule has 1 aliphatic carbocycles. The number of hydrogen-bond acceptors (Lipinski definition) is 4. The van der Waals surface area contributed by atoms with Gasteiger partial charge < -0.3 is 19.5 Å². The lowest BCUT2D eigenvalue weighted by molar-refractivity contribution is 0.0144. The van der Waals surface area contributed by atoms with Crippen LogP contribution < -0.4 is 10.1 Å². The fourth-order valence-corrected chi connectivity index (χ4v) is 3.33. The van der Waals surface area contributed by atoms with Crippen molar-refractivity contribution < 1.29 is 23.4 Å². The maximum Gasteiger partial charge on any atom is 0.412 e. The number of benzene rings is 1. The van der Waals surface area contributed by atoms with Gasteiger partial charge in [-0.15, -0.1) is 0 Å². The third kappa shape index (κ3) is 8.26. The largest absolute Gasteiger partial charge is 0.412 e. The number of rotatable bonds is 11. The van der Waals surface area contributed by atoms with Crippen molar-refractivity contribution >= 4 is 6.09 Å². The van der Waals surface area contributed by atoms with Crippen LogP contribution in [0.2, 0.25) is 0 Å². The highest BCUT2D eigenvalue weighted by atomic mass is 19.1. The minimum absolute atomic E-state index is 0.0796. The molecule has 1 saturated carbocycles. The molecule has 0 heterocycles. The summed E-state index contributed by atoms with van der Waals surface area (Å²) in [5.41, 5.74) is 0. The van der Waals surface area contributed by atoms with E-state index in [2.05, 4.69) is 12.2 Å². The van der Waals surface area contributed by atoms with E-state index < -0.39 is 11.9 Å². The van der Waals surface area contributed by atoms with Crippen molar-refractivity contribution in [1.82, 2.24) is 5.32 Å². The molecule has 2 atom stereocenters. The van der Waals surface area contributed by atoms with E-state index in [4.69, 9.17) is 14.2 Å². The van der Waals surface area contributed by atoms with Gasteiger partial charge in [-0.2, -0.15) is 0 Å². The summed E-state index contributed by atoms with van der Waals surface area (Å²) < 4.78 is 29.9. The van der Waals surface area contributed by atoms with Gasteiger partial charge in [-0.25, -0.2) is 9.18 Å². The maximum atomic E-state index is 13.4. The second-order valence-corrected chi connectivity index (χ2v) is 7.05. The standard InChI is InChI=1S/C21H32FNO4/c1-2-3-13-25-15-17-8-4-5-9-18(17)16-26-14-12-23-21(24)27-20-11-7-6-10-19(20)22/h6-7,10-11,17-18H,2-5,8-9,12-16H2,1H3,(H,23,24)/t17-,18+/m1/s1. The molecule has 27 heavy (non-hydrogen) atoms. The van der Waals surface area contributed by atoms with Crippen LogP contribution in [0.3, 0.4) is 0 Å². The number of nitrogens with one attached hydrogen (secondary N) is 1. The number of ether oxygens (including phenoxy) is 3. The molecule has 2 rings (SSSR count). The van der Waals surface area contributed by atoms with Crippen LogP contribution in [0.4, 0.5) is 9.18 Å². The van der Waals surface area contributed by atoms with Gasteiger partial charge in [0.15, 0.2) is 11.6 Å². The van der Waals surface area contributed by atoms with Crippen molar-refractivity contribution in [2.45, 2.75) is 45.4 Å². The Morgan fingerprint density at radius 3 is 2.44 bits per heavy atom. The van der Waals surface area contributed by atoms with Crippen molar-refractivity contribution in [3.63, 3.8) is 0 Å². The van der Waals surface area contributed by atoms with Crippen molar-refractivity contribution in [3.8, 4) is 5.75 Å². The highest BCUT2D eigenvalue weighted by molar-refractivity contribution is 5.70. The van der Waals surface area contributed by atoms with Gasteiger partial charge in [0.05, 0.1) is 6.61 Å². The molecule has 0 spiro atoms. The predicted molar refractivity (Wildman–Crippen MR) is 102 cm³/mol. The van der Waals surface area contributed by atoms with Crippen molar-refractivity contribution in [2.24, 2.45) is 11.8 Å². The molecule has 5 nitrogen and oxygen atoms in total. The fraction of sp³-hybridized carbons (Fsp3) is 0.667. The Morgan fingerprint density at radius 2 is 1.78 bits per heavy atom. The van der Waals surface area contributed by atoms with Crippen molar-refractivity contribution in [2.75, 3.05) is 33.0 Å². The topological polar surface area (TPSA) is 56.8 Å². The minimum atomic E-state index is -0.677. The summed E-state index contributed by atoms with van der Waals surface area (Å²) in [5, 5.41) is 2.58. The van der Waals surface area contributed by atoms with E-state index in [1.54, 1.807) is 12.1 Å². The van der Waals surface area contributed by atoms with E-state index >= 15 is 0 Å². The minimum Gasteiger partial charge on any atom is -0.407 e. The van der Waals surface area contributed by atoms with Gasteiger partial charge in [0.25, 0.3) is 0 Å².